The average Bonchev–Trinajstić information content (AvgIpc) is 3.19. The first-order valence-corrected chi connectivity index (χ1v) is 17.7. The summed E-state index contributed by atoms with van der Waals surface area (Å²) in [6, 6.07) is 49.9. The van der Waals surface area contributed by atoms with Gasteiger partial charge in [-0.25, -0.2) is 0 Å². The first-order chi connectivity index (χ1) is 25.7. The van der Waals surface area contributed by atoms with Crippen LogP contribution in [0, 0.1) is 0 Å². The van der Waals surface area contributed by atoms with E-state index < -0.39 is 0 Å². The van der Waals surface area contributed by atoms with Gasteiger partial charge in [0.1, 0.15) is 23.0 Å². The monoisotopic (exact) mass is 664 g/mol. The first-order valence-electron chi connectivity index (χ1n) is 17.7. The number of rotatable bonds is 4. The number of ether oxygens (including phenoxy) is 2. The van der Waals surface area contributed by atoms with Crippen LogP contribution in [-0.2, 0) is 0 Å². The van der Waals surface area contributed by atoms with Crippen molar-refractivity contribution in [2.75, 3.05) is 9.80 Å². The third-order valence-electron chi connectivity index (χ3n) is 11.1. The largest absolute Gasteiger partial charge is 0.458 e. The molecule has 0 bridgehead atoms. The summed E-state index contributed by atoms with van der Waals surface area (Å²) in [6.45, 7) is 8.14. The maximum atomic E-state index is 6.86. The van der Waals surface area contributed by atoms with Crippen molar-refractivity contribution in [3.8, 4) is 23.0 Å². The van der Waals surface area contributed by atoms with Crippen LogP contribution in [0.15, 0.2) is 177 Å². The number of allylic oxidation sites excluding steroid dienone is 3. The molecule has 0 unspecified atom stereocenters. The van der Waals surface area contributed by atoms with Crippen LogP contribution in [0.5, 0.6) is 23.0 Å². The number of hydrogen-bond acceptors (Lipinski definition) is 4. The highest BCUT2D eigenvalue weighted by atomic mass is 16.5. The predicted octanol–water partition coefficient (Wildman–Crippen LogP) is 7.57. The van der Waals surface area contributed by atoms with Crippen LogP contribution in [0.4, 0.5) is 28.4 Å². The molecule has 4 heterocycles. The Bertz CT molecular complexity index is 2720. The summed E-state index contributed by atoms with van der Waals surface area (Å²) in [6.07, 6.45) is 5.70. The van der Waals surface area contributed by atoms with Gasteiger partial charge in [0, 0.05) is 34.1 Å². The second kappa shape index (κ2) is 10.9. The number of fused-ring (bicyclic) bond motifs is 9. The molecular weight excluding hydrogens is 634 g/mol. The highest BCUT2D eigenvalue weighted by Gasteiger charge is 2.44. The van der Waals surface area contributed by atoms with Gasteiger partial charge in [-0.15, -0.1) is 0 Å². The van der Waals surface area contributed by atoms with Crippen molar-refractivity contribution in [1.29, 1.82) is 0 Å². The Hall–Kier alpha value is -6.65. The van der Waals surface area contributed by atoms with E-state index in [-0.39, 0.29) is 13.4 Å². The van der Waals surface area contributed by atoms with Gasteiger partial charge in [-0.2, -0.15) is 0 Å². The molecule has 0 N–H and O–H groups in total. The number of anilines is 5. The Balaban J connectivity index is 1.10. The second-order valence-corrected chi connectivity index (χ2v) is 13.7. The van der Waals surface area contributed by atoms with Gasteiger partial charge in [0.2, 0.25) is 0 Å². The second-order valence-electron chi connectivity index (χ2n) is 13.7. The minimum atomic E-state index is -0.00368. The van der Waals surface area contributed by atoms with E-state index in [1.807, 2.05) is 18.2 Å². The van der Waals surface area contributed by atoms with E-state index in [1.165, 1.54) is 22.1 Å². The molecule has 11 rings (SSSR count). The molecule has 0 fully saturated rings. The Morgan fingerprint density at radius 1 is 0.500 bits per heavy atom. The zero-order valence-electron chi connectivity index (χ0n) is 28.3. The van der Waals surface area contributed by atoms with Gasteiger partial charge in [0.25, 0.3) is 13.4 Å². The zero-order valence-corrected chi connectivity index (χ0v) is 28.3. The van der Waals surface area contributed by atoms with Crippen LogP contribution in [0.25, 0.3) is 10.8 Å². The highest BCUT2D eigenvalue weighted by molar-refractivity contribution is 7.00. The van der Waals surface area contributed by atoms with E-state index in [0.29, 0.717) is 0 Å². The van der Waals surface area contributed by atoms with Crippen molar-refractivity contribution in [2.24, 2.45) is 0 Å². The lowest BCUT2D eigenvalue weighted by molar-refractivity contribution is 0.486. The first kappa shape index (κ1) is 29.1. The van der Waals surface area contributed by atoms with Crippen molar-refractivity contribution in [2.45, 2.75) is 0 Å². The number of hydrogen-bond donors (Lipinski definition) is 0. The maximum Gasteiger partial charge on any atom is 0.256 e. The van der Waals surface area contributed by atoms with Crippen LogP contribution >= 0.6 is 0 Å². The zero-order chi connectivity index (χ0) is 34.5. The van der Waals surface area contributed by atoms with Gasteiger partial charge in [-0.05, 0) is 116 Å². The molecule has 4 aliphatic rings. The standard InChI is InChI=1S/C46H30B2N2O2/c1-3-14-31(4-2)49-37-19-10-8-17-33(37)47-35-25-29-28-44-36(26-30(29)27-43(35)51-41-23-12-21-39(49)45(41)47)48-34-18-9-11-20-38(34)50(32-15-6-5-7-16-32)40-22-13-24-42(52-44)46(40)48/h3-28H,1-2H2/b31-14+. The Kier molecular flexibility index (Phi) is 6.12. The van der Waals surface area contributed by atoms with Gasteiger partial charge >= 0.3 is 0 Å². The molecule has 0 amide bonds. The number of para-hydroxylation sites is 3. The molecule has 0 saturated carbocycles. The summed E-state index contributed by atoms with van der Waals surface area (Å²) < 4.78 is 13.7. The topological polar surface area (TPSA) is 24.9 Å². The van der Waals surface area contributed by atoms with Crippen molar-refractivity contribution in [1.82, 2.24) is 0 Å². The van der Waals surface area contributed by atoms with E-state index in [9.17, 15) is 0 Å². The third kappa shape index (κ3) is 3.95. The molecule has 242 valence electrons. The van der Waals surface area contributed by atoms with Crippen LogP contribution in [-0.4, -0.2) is 13.4 Å². The van der Waals surface area contributed by atoms with Crippen molar-refractivity contribution in [3.05, 3.63) is 177 Å². The van der Waals surface area contributed by atoms with Gasteiger partial charge in [-0.1, -0.05) is 98.1 Å². The molecule has 0 spiro atoms. The molecule has 52 heavy (non-hydrogen) atoms. The molecule has 0 radical (unpaired) electrons. The summed E-state index contributed by atoms with van der Waals surface area (Å²) in [5, 5.41) is 2.24. The van der Waals surface area contributed by atoms with E-state index in [2.05, 4.69) is 162 Å². The minimum Gasteiger partial charge on any atom is -0.458 e. The maximum absolute atomic E-state index is 6.86. The molecule has 7 aromatic rings. The SMILES string of the molecule is C=C/C=C(\C=C)N1c2ccccc2B2c3cc4cc5c(cc4cc3Oc3cccc1c32)B1c2ccccc2N(c2ccccc2)c2cccc(c21)O5. The highest BCUT2D eigenvalue weighted by Crippen LogP contribution is 2.42. The molecule has 4 aliphatic heterocycles. The van der Waals surface area contributed by atoms with E-state index in [4.69, 9.17) is 9.47 Å². The summed E-state index contributed by atoms with van der Waals surface area (Å²) in [5.41, 5.74) is 13.8. The Labute approximate surface area is 303 Å². The van der Waals surface area contributed by atoms with E-state index >= 15 is 0 Å². The van der Waals surface area contributed by atoms with Gasteiger partial charge < -0.3 is 19.3 Å². The van der Waals surface area contributed by atoms with Gasteiger partial charge in [-0.3, -0.25) is 0 Å². The fraction of sp³-hybridized carbons (Fsp3) is 0. The molecule has 4 nitrogen and oxygen atoms in total. The molecular formula is C46H30B2N2O2. The van der Waals surface area contributed by atoms with E-state index in [0.717, 1.165) is 78.6 Å². The predicted molar refractivity (Wildman–Crippen MR) is 218 cm³/mol. The number of benzene rings is 7. The van der Waals surface area contributed by atoms with Crippen molar-refractivity contribution in [3.63, 3.8) is 0 Å². The lowest BCUT2D eigenvalue weighted by Gasteiger charge is -2.40. The van der Waals surface area contributed by atoms with Crippen LogP contribution in [0.2, 0.25) is 0 Å². The molecule has 6 heteroatoms. The van der Waals surface area contributed by atoms with Crippen LogP contribution < -0.4 is 52.1 Å². The quantitative estimate of drug-likeness (QED) is 0.143. The smallest absolute Gasteiger partial charge is 0.256 e. The fourth-order valence-corrected chi connectivity index (χ4v) is 9.00. The normalized spacial score (nSPS) is 14.2. The Morgan fingerprint density at radius 3 is 1.67 bits per heavy atom. The lowest BCUT2D eigenvalue weighted by Crippen LogP contribution is -2.60. The minimum absolute atomic E-state index is 0.00368. The molecule has 0 atom stereocenters. The molecule has 0 aromatic heterocycles. The number of nitrogens with zero attached hydrogens (tertiary/aromatic N) is 2. The fourth-order valence-electron chi connectivity index (χ4n) is 9.00. The molecule has 0 saturated heterocycles. The van der Waals surface area contributed by atoms with Gasteiger partial charge in [0.05, 0.1) is 0 Å². The van der Waals surface area contributed by atoms with Crippen molar-refractivity contribution < 1.29 is 9.47 Å². The van der Waals surface area contributed by atoms with E-state index in [1.54, 1.807) is 0 Å². The van der Waals surface area contributed by atoms with Crippen LogP contribution in [0.3, 0.4) is 0 Å². The third-order valence-corrected chi connectivity index (χ3v) is 11.1. The summed E-state index contributed by atoms with van der Waals surface area (Å²) in [5.74, 6) is 3.55. The van der Waals surface area contributed by atoms with Crippen LogP contribution in [0.1, 0.15) is 0 Å². The summed E-state index contributed by atoms with van der Waals surface area (Å²) in [7, 11) is 0. The Morgan fingerprint density at radius 2 is 1.04 bits per heavy atom. The van der Waals surface area contributed by atoms with Crippen molar-refractivity contribution >= 4 is 85.4 Å². The molecule has 7 aromatic carbocycles. The molecule has 0 aliphatic carbocycles. The summed E-state index contributed by atoms with van der Waals surface area (Å²) >= 11 is 0. The van der Waals surface area contributed by atoms with Gasteiger partial charge in [0.15, 0.2) is 0 Å². The average molecular weight is 664 g/mol. The summed E-state index contributed by atoms with van der Waals surface area (Å²) in [4.78, 5) is 4.63. The lowest BCUT2D eigenvalue weighted by atomic mass is 9.33.